The molecule has 2 rings (SSSR count). The molecule has 0 aliphatic rings. The van der Waals surface area contributed by atoms with Gasteiger partial charge in [0.25, 0.3) is 0 Å². The lowest BCUT2D eigenvalue weighted by molar-refractivity contribution is 0.518. The number of nitrogens with zero attached hydrogens (tertiary/aromatic N) is 3. The molecule has 0 radical (unpaired) electrons. The molecule has 4 nitrogen and oxygen atoms in total. The first kappa shape index (κ1) is 15.2. The van der Waals surface area contributed by atoms with Gasteiger partial charge in [0.2, 0.25) is 0 Å². The van der Waals surface area contributed by atoms with Crippen molar-refractivity contribution in [3.05, 3.63) is 46.0 Å². The summed E-state index contributed by atoms with van der Waals surface area (Å²) in [7, 11) is 0. The monoisotopic (exact) mass is 336 g/mol. The molecule has 0 saturated carbocycles. The molecule has 2 heterocycles. The van der Waals surface area contributed by atoms with Gasteiger partial charge in [0.15, 0.2) is 0 Å². The van der Waals surface area contributed by atoms with Crippen molar-refractivity contribution in [1.29, 1.82) is 0 Å². The number of hydrogen-bond donors (Lipinski definition) is 1. The summed E-state index contributed by atoms with van der Waals surface area (Å²) in [5.74, 6) is 0. The van der Waals surface area contributed by atoms with Crippen molar-refractivity contribution in [2.45, 2.75) is 39.8 Å². The third-order valence-electron chi connectivity index (χ3n) is 3.22. The zero-order valence-corrected chi connectivity index (χ0v) is 13.8. The molecule has 0 fully saturated rings. The Labute approximate surface area is 128 Å². The van der Waals surface area contributed by atoms with Crippen LogP contribution in [0.15, 0.2) is 29.0 Å². The number of nitrogens with one attached hydrogen (secondary N) is 1. The molecular weight excluding hydrogens is 316 g/mol. The topological polar surface area (TPSA) is 42.7 Å². The summed E-state index contributed by atoms with van der Waals surface area (Å²) in [6.45, 7) is 8.09. The summed E-state index contributed by atoms with van der Waals surface area (Å²) in [4.78, 5) is 4.41. The fraction of sp³-hybridized carbons (Fsp3) is 0.467. The van der Waals surface area contributed by atoms with Crippen molar-refractivity contribution in [3.63, 3.8) is 0 Å². The van der Waals surface area contributed by atoms with Gasteiger partial charge in [-0.3, -0.25) is 9.67 Å². The number of aryl methyl sites for hydroxylation is 2. The molecular formula is C15H21BrN4. The molecule has 0 aliphatic heterocycles. The van der Waals surface area contributed by atoms with E-state index in [1.165, 1.54) is 5.69 Å². The van der Waals surface area contributed by atoms with Gasteiger partial charge in [-0.05, 0) is 47.4 Å². The third-order valence-corrected chi connectivity index (χ3v) is 3.83. The van der Waals surface area contributed by atoms with Crippen LogP contribution in [0.3, 0.4) is 0 Å². The number of pyridine rings is 1. The van der Waals surface area contributed by atoms with Crippen LogP contribution < -0.4 is 5.32 Å². The minimum absolute atomic E-state index is 0.108. The molecule has 0 aromatic carbocycles. The molecule has 0 amide bonds. The van der Waals surface area contributed by atoms with Gasteiger partial charge in [-0.25, -0.2) is 0 Å². The summed E-state index contributed by atoms with van der Waals surface area (Å²) in [6.07, 6.45) is 4.88. The summed E-state index contributed by atoms with van der Waals surface area (Å²) in [5, 5.41) is 7.99. The van der Waals surface area contributed by atoms with Gasteiger partial charge < -0.3 is 5.32 Å². The molecule has 0 saturated heterocycles. The molecule has 0 bridgehead atoms. The van der Waals surface area contributed by atoms with Gasteiger partial charge in [0.05, 0.1) is 22.4 Å². The van der Waals surface area contributed by atoms with Gasteiger partial charge >= 0.3 is 0 Å². The van der Waals surface area contributed by atoms with Crippen LogP contribution in [0, 0.1) is 6.92 Å². The van der Waals surface area contributed by atoms with Gasteiger partial charge in [-0.1, -0.05) is 19.9 Å². The first-order chi connectivity index (χ1) is 9.67. The van der Waals surface area contributed by atoms with Crippen LogP contribution in [0.4, 0.5) is 0 Å². The van der Waals surface area contributed by atoms with E-state index in [1.807, 2.05) is 25.4 Å². The van der Waals surface area contributed by atoms with E-state index in [4.69, 9.17) is 0 Å². The largest absolute Gasteiger partial charge is 0.305 e. The van der Waals surface area contributed by atoms with E-state index in [1.54, 1.807) is 0 Å². The fourth-order valence-electron chi connectivity index (χ4n) is 2.28. The Morgan fingerprint density at radius 3 is 2.70 bits per heavy atom. The number of aromatic nitrogens is 3. The maximum Gasteiger partial charge on any atom is 0.0774 e. The summed E-state index contributed by atoms with van der Waals surface area (Å²) in [6, 6.07) is 4.29. The number of halogens is 1. The van der Waals surface area contributed by atoms with Gasteiger partial charge in [-0.2, -0.15) is 5.10 Å². The zero-order chi connectivity index (χ0) is 14.5. The standard InChI is InChI=1S/C15H21BrN4/c1-4-8-20-15(13(16)10-19-20)14(17-5-2)12-7-6-11(3)18-9-12/h6-7,9-10,14,17H,4-5,8H2,1-3H3. The van der Waals surface area contributed by atoms with E-state index in [2.05, 4.69) is 55.9 Å². The molecule has 2 aromatic heterocycles. The Kier molecular flexibility index (Phi) is 5.31. The Morgan fingerprint density at radius 2 is 2.10 bits per heavy atom. The fourth-order valence-corrected chi connectivity index (χ4v) is 2.80. The van der Waals surface area contributed by atoms with E-state index in [0.717, 1.165) is 35.2 Å². The Bertz CT molecular complexity index is 548. The van der Waals surface area contributed by atoms with Crippen LogP contribution in [-0.2, 0) is 6.54 Å². The van der Waals surface area contributed by atoms with Crippen LogP contribution >= 0.6 is 15.9 Å². The van der Waals surface area contributed by atoms with Gasteiger partial charge in [-0.15, -0.1) is 0 Å². The molecule has 0 aliphatic carbocycles. The van der Waals surface area contributed by atoms with Crippen molar-refractivity contribution in [2.75, 3.05) is 6.54 Å². The van der Waals surface area contributed by atoms with Crippen LogP contribution in [0.5, 0.6) is 0 Å². The average molecular weight is 337 g/mol. The highest BCUT2D eigenvalue weighted by atomic mass is 79.9. The van der Waals surface area contributed by atoms with Crippen molar-refractivity contribution in [3.8, 4) is 0 Å². The van der Waals surface area contributed by atoms with Gasteiger partial charge in [0, 0.05) is 18.4 Å². The first-order valence-electron chi connectivity index (χ1n) is 7.04. The average Bonchev–Trinajstić information content (AvgIpc) is 2.79. The second-order valence-corrected chi connectivity index (χ2v) is 5.68. The molecule has 2 aromatic rings. The lowest BCUT2D eigenvalue weighted by Crippen LogP contribution is -2.25. The van der Waals surface area contributed by atoms with Crippen LogP contribution in [0.25, 0.3) is 0 Å². The minimum atomic E-state index is 0.108. The van der Waals surface area contributed by atoms with E-state index in [9.17, 15) is 0 Å². The van der Waals surface area contributed by atoms with E-state index in [0.29, 0.717) is 0 Å². The second kappa shape index (κ2) is 6.99. The Balaban J connectivity index is 2.42. The highest BCUT2D eigenvalue weighted by molar-refractivity contribution is 9.10. The van der Waals surface area contributed by atoms with E-state index < -0.39 is 0 Å². The molecule has 108 valence electrons. The molecule has 20 heavy (non-hydrogen) atoms. The Morgan fingerprint density at radius 1 is 1.30 bits per heavy atom. The maximum absolute atomic E-state index is 4.46. The quantitative estimate of drug-likeness (QED) is 0.878. The van der Waals surface area contributed by atoms with Crippen molar-refractivity contribution >= 4 is 15.9 Å². The summed E-state index contributed by atoms with van der Waals surface area (Å²) >= 11 is 3.63. The van der Waals surface area contributed by atoms with Crippen LogP contribution in [-0.4, -0.2) is 21.3 Å². The molecule has 5 heteroatoms. The first-order valence-corrected chi connectivity index (χ1v) is 7.83. The number of rotatable bonds is 6. The molecule has 1 N–H and O–H groups in total. The van der Waals surface area contributed by atoms with E-state index in [-0.39, 0.29) is 6.04 Å². The zero-order valence-electron chi connectivity index (χ0n) is 12.2. The lowest BCUT2D eigenvalue weighted by Gasteiger charge is -2.20. The maximum atomic E-state index is 4.46. The van der Waals surface area contributed by atoms with Crippen molar-refractivity contribution in [2.24, 2.45) is 0 Å². The summed E-state index contributed by atoms with van der Waals surface area (Å²) in [5.41, 5.74) is 3.36. The third kappa shape index (κ3) is 3.27. The number of hydrogen-bond acceptors (Lipinski definition) is 3. The normalized spacial score (nSPS) is 12.6. The lowest BCUT2D eigenvalue weighted by atomic mass is 10.1. The highest BCUT2D eigenvalue weighted by Crippen LogP contribution is 2.28. The SMILES string of the molecule is CCCn1ncc(Br)c1C(NCC)c1ccc(C)nc1. The molecule has 0 spiro atoms. The van der Waals surface area contributed by atoms with Crippen LogP contribution in [0.2, 0.25) is 0 Å². The summed E-state index contributed by atoms with van der Waals surface area (Å²) < 4.78 is 3.11. The highest BCUT2D eigenvalue weighted by Gasteiger charge is 2.21. The van der Waals surface area contributed by atoms with Crippen LogP contribution in [0.1, 0.15) is 43.3 Å². The predicted octanol–water partition coefficient (Wildman–Crippen LogP) is 3.46. The van der Waals surface area contributed by atoms with Gasteiger partial charge in [0.1, 0.15) is 0 Å². The minimum Gasteiger partial charge on any atom is -0.305 e. The van der Waals surface area contributed by atoms with E-state index >= 15 is 0 Å². The smallest absolute Gasteiger partial charge is 0.0774 e. The van der Waals surface area contributed by atoms with Crippen molar-refractivity contribution < 1.29 is 0 Å². The predicted molar refractivity (Wildman–Crippen MR) is 84.7 cm³/mol. The molecule has 1 unspecified atom stereocenters. The Hall–Kier alpha value is -1.20. The molecule has 1 atom stereocenters. The van der Waals surface area contributed by atoms with Crippen molar-refractivity contribution in [1.82, 2.24) is 20.1 Å². The second-order valence-electron chi connectivity index (χ2n) is 4.82.